The minimum absolute atomic E-state index is 0.0531. The number of allylic oxidation sites excluding steroid dienone is 2. The van der Waals surface area contributed by atoms with Gasteiger partial charge >= 0.3 is 5.97 Å². The summed E-state index contributed by atoms with van der Waals surface area (Å²) < 4.78 is 33.3. The first-order chi connectivity index (χ1) is 19.8. The van der Waals surface area contributed by atoms with E-state index in [0.717, 1.165) is 5.56 Å². The van der Waals surface area contributed by atoms with Gasteiger partial charge in [0, 0.05) is 29.4 Å². The maximum atomic E-state index is 14.0. The number of phenols is 1. The van der Waals surface area contributed by atoms with E-state index in [0.29, 0.717) is 49.3 Å². The maximum absolute atomic E-state index is 14.0. The van der Waals surface area contributed by atoms with Crippen molar-refractivity contribution in [3.63, 3.8) is 0 Å². The molecule has 41 heavy (non-hydrogen) atoms. The molecule has 0 aromatic heterocycles. The third-order valence-corrected chi connectivity index (χ3v) is 9.73. The van der Waals surface area contributed by atoms with Gasteiger partial charge in [0.05, 0.1) is 27.8 Å². The number of esters is 1. The van der Waals surface area contributed by atoms with Gasteiger partial charge in [0.15, 0.2) is 9.84 Å². The lowest BCUT2D eigenvalue weighted by atomic mass is 9.83. The molecule has 214 valence electrons. The predicted molar refractivity (Wildman–Crippen MR) is 161 cm³/mol. The number of phenolic OH excluding ortho intramolecular Hbond substituents is 1. The van der Waals surface area contributed by atoms with Crippen LogP contribution in [0.3, 0.4) is 0 Å². The summed E-state index contributed by atoms with van der Waals surface area (Å²) in [6.45, 7) is 1.24. The van der Waals surface area contributed by atoms with Crippen LogP contribution >= 0.6 is 11.6 Å². The molecule has 1 atom stereocenters. The van der Waals surface area contributed by atoms with E-state index in [1.807, 2.05) is 72.6 Å². The second kappa shape index (κ2) is 12.5. The van der Waals surface area contributed by atoms with Gasteiger partial charge in [-0.3, -0.25) is 4.90 Å². The quantitative estimate of drug-likeness (QED) is 0.327. The second-order valence-electron chi connectivity index (χ2n) is 10.4. The fourth-order valence-corrected chi connectivity index (χ4v) is 7.68. The molecule has 2 heterocycles. The summed E-state index contributed by atoms with van der Waals surface area (Å²) in [4.78, 5) is 16.1. The molecule has 2 N–H and O–H groups in total. The first-order valence-electron chi connectivity index (χ1n) is 13.7. The van der Waals surface area contributed by atoms with Crippen LogP contribution in [0.2, 0.25) is 5.02 Å². The Bertz CT molecular complexity index is 1570. The van der Waals surface area contributed by atoms with Crippen LogP contribution in [0.15, 0.2) is 95.0 Å². The number of carbonyl (C=O) groups excluding carboxylic acids is 1. The van der Waals surface area contributed by atoms with Gasteiger partial charge in [0.2, 0.25) is 0 Å². The van der Waals surface area contributed by atoms with Gasteiger partial charge in [0.1, 0.15) is 12.4 Å². The monoisotopic (exact) mass is 592 g/mol. The summed E-state index contributed by atoms with van der Waals surface area (Å²) in [5, 5.41) is 14.5. The van der Waals surface area contributed by atoms with Crippen molar-refractivity contribution in [2.75, 3.05) is 26.0 Å². The molecule has 2 aliphatic rings. The van der Waals surface area contributed by atoms with E-state index in [1.54, 1.807) is 12.1 Å². The molecule has 3 aromatic rings. The fourth-order valence-electron chi connectivity index (χ4n) is 5.47. The van der Waals surface area contributed by atoms with Gasteiger partial charge in [-0.05, 0) is 49.6 Å². The average Bonchev–Trinajstić information content (AvgIpc) is 3.10. The van der Waals surface area contributed by atoms with Gasteiger partial charge in [-0.2, -0.15) is 0 Å². The zero-order valence-corrected chi connectivity index (χ0v) is 24.4. The number of dihydropyridines is 1. The largest absolute Gasteiger partial charge is 0.508 e. The number of aromatic hydroxyl groups is 1. The van der Waals surface area contributed by atoms with Gasteiger partial charge in [-0.25, -0.2) is 13.2 Å². The Morgan fingerprint density at radius 2 is 1.73 bits per heavy atom. The molecule has 0 spiro atoms. The molecular formula is C32H33ClN2O5S. The Kier molecular flexibility index (Phi) is 8.82. The van der Waals surface area contributed by atoms with Gasteiger partial charge in [-0.1, -0.05) is 78.3 Å². The Morgan fingerprint density at radius 1 is 1.02 bits per heavy atom. The first-order valence-corrected chi connectivity index (χ1v) is 15.7. The van der Waals surface area contributed by atoms with Crippen molar-refractivity contribution in [1.82, 2.24) is 10.2 Å². The van der Waals surface area contributed by atoms with Crippen LogP contribution in [-0.2, 0) is 25.9 Å². The van der Waals surface area contributed by atoms with E-state index >= 15 is 0 Å². The minimum atomic E-state index is -3.79. The summed E-state index contributed by atoms with van der Waals surface area (Å²) in [6, 6.07) is 23.9. The molecule has 7 nitrogen and oxygen atoms in total. The number of ether oxygens (including phenoxy) is 1. The van der Waals surface area contributed by atoms with Crippen LogP contribution in [0.5, 0.6) is 5.75 Å². The summed E-state index contributed by atoms with van der Waals surface area (Å²) in [7, 11) is -1.85. The number of nitrogens with one attached hydrogen (secondary N) is 1. The van der Waals surface area contributed by atoms with E-state index < -0.39 is 21.7 Å². The average molecular weight is 593 g/mol. The molecule has 0 saturated carbocycles. The third kappa shape index (κ3) is 6.35. The number of likely N-dealkylation sites (N-methyl/N-ethyl adjacent to an activating group) is 1. The highest BCUT2D eigenvalue weighted by atomic mass is 35.5. The normalized spacial score (nSPS) is 18.5. The molecule has 0 bridgehead atoms. The van der Waals surface area contributed by atoms with Crippen molar-refractivity contribution < 1.29 is 23.1 Å². The lowest BCUT2D eigenvalue weighted by Crippen LogP contribution is -2.33. The smallest absolute Gasteiger partial charge is 0.337 e. The highest BCUT2D eigenvalue weighted by Crippen LogP contribution is 2.49. The second-order valence-corrected chi connectivity index (χ2v) is 12.8. The van der Waals surface area contributed by atoms with Crippen molar-refractivity contribution in [2.45, 2.75) is 31.7 Å². The van der Waals surface area contributed by atoms with Crippen molar-refractivity contribution in [1.29, 1.82) is 0 Å². The molecule has 9 heteroatoms. The van der Waals surface area contributed by atoms with Crippen molar-refractivity contribution in [3.05, 3.63) is 117 Å². The Balaban J connectivity index is 1.56. The van der Waals surface area contributed by atoms with Crippen molar-refractivity contribution in [2.24, 2.45) is 0 Å². The number of benzene rings is 3. The van der Waals surface area contributed by atoms with Gasteiger partial charge in [0.25, 0.3) is 0 Å². The highest BCUT2D eigenvalue weighted by molar-refractivity contribution is 7.95. The van der Waals surface area contributed by atoms with Crippen molar-refractivity contribution in [3.8, 4) is 5.75 Å². The van der Waals surface area contributed by atoms with E-state index in [2.05, 4.69) is 5.32 Å². The summed E-state index contributed by atoms with van der Waals surface area (Å²) in [6.07, 6.45) is 1.65. The Hall–Kier alpha value is -3.59. The van der Waals surface area contributed by atoms with Crippen LogP contribution in [0.4, 0.5) is 0 Å². The number of nitrogens with zero attached hydrogens (tertiary/aromatic N) is 1. The van der Waals surface area contributed by atoms with Crippen LogP contribution in [0, 0.1) is 0 Å². The lowest BCUT2D eigenvalue weighted by molar-refractivity contribution is -0.139. The van der Waals surface area contributed by atoms with Gasteiger partial charge in [-0.15, -0.1) is 0 Å². The molecule has 0 fully saturated rings. The number of halogens is 1. The first kappa shape index (κ1) is 28.9. The van der Waals surface area contributed by atoms with E-state index in [-0.39, 0.29) is 39.2 Å². The number of hydrogen-bond acceptors (Lipinski definition) is 7. The molecule has 5 rings (SSSR count). The zero-order valence-electron chi connectivity index (χ0n) is 22.8. The molecular weight excluding hydrogens is 560 g/mol. The van der Waals surface area contributed by atoms with Crippen LogP contribution in [0.25, 0.3) is 5.70 Å². The van der Waals surface area contributed by atoms with E-state index in [9.17, 15) is 18.3 Å². The van der Waals surface area contributed by atoms with E-state index in [4.69, 9.17) is 16.3 Å². The molecule has 0 radical (unpaired) electrons. The van der Waals surface area contributed by atoms with E-state index in [1.165, 1.54) is 6.07 Å². The molecule has 3 aromatic carbocycles. The standard InChI is InChI=1S/C32H33ClN2O5S/c1-35(21-22-11-4-2-5-12-22)18-19-40-32(37)29-28(27-24(33)15-10-17-26(27)36)31-25(16-8-9-20-41(31,38)39)34-30(29)23-13-6-3-7-14-23/h2-7,10-15,17,28,34,36H,8-9,16,18-21H2,1H3. The van der Waals surface area contributed by atoms with Crippen LogP contribution in [0.1, 0.15) is 41.9 Å². The fraction of sp³-hybridized carbons (Fsp3) is 0.281. The summed E-state index contributed by atoms with van der Waals surface area (Å²) in [5.41, 5.74) is 3.09. The summed E-state index contributed by atoms with van der Waals surface area (Å²) >= 11 is 6.64. The summed E-state index contributed by atoms with van der Waals surface area (Å²) in [5.74, 6) is -2.04. The number of rotatable bonds is 8. The molecule has 2 aliphatic heterocycles. The molecule has 0 amide bonds. The molecule has 0 saturated heterocycles. The Labute approximate surface area is 246 Å². The molecule has 0 aliphatic carbocycles. The molecule has 1 unspecified atom stereocenters. The van der Waals surface area contributed by atoms with Crippen LogP contribution in [-0.4, -0.2) is 50.3 Å². The predicted octanol–water partition coefficient (Wildman–Crippen LogP) is 5.63. The van der Waals surface area contributed by atoms with Crippen LogP contribution < -0.4 is 5.32 Å². The number of carbonyl (C=O) groups is 1. The minimum Gasteiger partial charge on any atom is -0.508 e. The SMILES string of the molecule is CN(CCOC(=O)C1=C(c2ccccc2)NC2=C(C1c1c(O)cccc1Cl)S(=O)(=O)CCCC2)Cc1ccccc1. The topological polar surface area (TPSA) is 95.9 Å². The Morgan fingerprint density at radius 3 is 2.44 bits per heavy atom. The zero-order chi connectivity index (χ0) is 29.0. The van der Waals surface area contributed by atoms with Crippen molar-refractivity contribution >= 4 is 33.1 Å². The lowest BCUT2D eigenvalue weighted by Gasteiger charge is -2.33. The maximum Gasteiger partial charge on any atom is 0.337 e. The number of sulfone groups is 1. The highest BCUT2D eigenvalue weighted by Gasteiger charge is 2.44. The number of hydrogen-bond donors (Lipinski definition) is 2. The third-order valence-electron chi connectivity index (χ3n) is 7.42. The van der Waals surface area contributed by atoms with Gasteiger partial charge < -0.3 is 15.2 Å².